The fourth-order valence-electron chi connectivity index (χ4n) is 2.85. The molecule has 0 atom stereocenters. The number of methoxy groups -OCH3 is 1. The van der Waals surface area contributed by atoms with Crippen LogP contribution in [0.1, 0.15) is 30.7 Å². The predicted molar refractivity (Wildman–Crippen MR) is 88.4 cm³/mol. The Balaban J connectivity index is 0.00000242. The van der Waals surface area contributed by atoms with Crippen LogP contribution in [0.5, 0.6) is 0 Å². The fraction of sp³-hybridized carbons (Fsp3) is 0.733. The van der Waals surface area contributed by atoms with E-state index in [1.807, 2.05) is 18.5 Å². The van der Waals surface area contributed by atoms with E-state index in [1.165, 1.54) is 0 Å². The maximum atomic E-state index is 12.3. The van der Waals surface area contributed by atoms with Crippen molar-refractivity contribution < 1.29 is 9.53 Å². The summed E-state index contributed by atoms with van der Waals surface area (Å²) < 4.78 is 7.49. The Morgan fingerprint density at radius 2 is 2.14 bits per heavy atom. The third-order valence-electron chi connectivity index (χ3n) is 4.15. The minimum Gasteiger partial charge on any atom is -0.368 e. The first-order chi connectivity index (χ1) is 10.1. The van der Waals surface area contributed by atoms with Gasteiger partial charge in [-0.15, -0.1) is 12.4 Å². The number of carbonyl (C=O) groups is 1. The van der Waals surface area contributed by atoms with Crippen molar-refractivity contribution >= 4 is 18.3 Å². The average Bonchev–Trinajstić information content (AvgIpc) is 2.82. The molecule has 2 N–H and O–H groups in total. The van der Waals surface area contributed by atoms with Crippen LogP contribution in [-0.4, -0.2) is 48.0 Å². The van der Waals surface area contributed by atoms with Gasteiger partial charge in [-0.1, -0.05) is 0 Å². The van der Waals surface area contributed by atoms with E-state index in [0.717, 1.165) is 50.3 Å². The zero-order valence-corrected chi connectivity index (χ0v) is 14.5. The van der Waals surface area contributed by atoms with E-state index >= 15 is 0 Å². The molecule has 1 saturated heterocycles. The van der Waals surface area contributed by atoms with Gasteiger partial charge < -0.3 is 15.4 Å². The fourth-order valence-corrected chi connectivity index (χ4v) is 2.85. The summed E-state index contributed by atoms with van der Waals surface area (Å²) in [6.45, 7) is 7.16. The molecule has 1 fully saturated rings. The molecule has 1 aromatic heterocycles. The monoisotopic (exact) mass is 330 g/mol. The summed E-state index contributed by atoms with van der Waals surface area (Å²) in [6, 6.07) is 2.06. The number of nitrogens with one attached hydrogen (secondary N) is 2. The Bertz CT molecular complexity index is 484. The van der Waals surface area contributed by atoms with Gasteiger partial charge in [-0.2, -0.15) is 5.10 Å². The number of hydrogen-bond acceptors (Lipinski definition) is 4. The Labute approximate surface area is 138 Å². The molecule has 0 aromatic carbocycles. The lowest BCUT2D eigenvalue weighted by Crippen LogP contribution is -2.54. The van der Waals surface area contributed by atoms with E-state index in [9.17, 15) is 4.79 Å². The molecular weight excluding hydrogens is 304 g/mol. The highest BCUT2D eigenvalue weighted by atomic mass is 35.5. The molecule has 1 aliphatic rings. The van der Waals surface area contributed by atoms with Gasteiger partial charge in [0.25, 0.3) is 5.91 Å². The highest BCUT2D eigenvalue weighted by Gasteiger charge is 2.39. The minimum absolute atomic E-state index is 0. The molecule has 0 radical (unpaired) electrons. The van der Waals surface area contributed by atoms with Gasteiger partial charge >= 0.3 is 0 Å². The number of ether oxygens (including phenoxy) is 1. The minimum atomic E-state index is -0.649. The number of nitrogens with zero attached hydrogens (tertiary/aromatic N) is 2. The Kier molecular flexibility index (Phi) is 7.32. The number of halogens is 1. The third-order valence-corrected chi connectivity index (χ3v) is 4.15. The molecule has 0 saturated carbocycles. The summed E-state index contributed by atoms with van der Waals surface area (Å²) in [6.07, 6.45) is 2.32. The zero-order chi connectivity index (χ0) is 15.3. The second-order valence-electron chi connectivity index (χ2n) is 5.71. The van der Waals surface area contributed by atoms with Crippen LogP contribution in [0.2, 0.25) is 0 Å². The predicted octanol–water partition coefficient (Wildman–Crippen LogP) is 1.20. The number of carbonyl (C=O) groups excluding carboxylic acids is 1. The second-order valence-corrected chi connectivity index (χ2v) is 5.71. The van der Waals surface area contributed by atoms with Gasteiger partial charge in [0.15, 0.2) is 0 Å². The summed E-state index contributed by atoms with van der Waals surface area (Å²) in [5.41, 5.74) is 1.54. The van der Waals surface area contributed by atoms with Crippen LogP contribution in [-0.2, 0) is 16.1 Å². The van der Waals surface area contributed by atoms with Crippen molar-refractivity contribution in [2.75, 3.05) is 26.7 Å². The molecule has 0 bridgehead atoms. The molecule has 22 heavy (non-hydrogen) atoms. The Morgan fingerprint density at radius 3 is 2.68 bits per heavy atom. The SMILES string of the molecule is COC1(C(=O)NCCCn2nc(C)cc2C)CCNCC1.Cl. The number of aryl methyl sites for hydroxylation is 3. The van der Waals surface area contributed by atoms with E-state index in [-0.39, 0.29) is 18.3 Å². The summed E-state index contributed by atoms with van der Waals surface area (Å²) in [7, 11) is 1.63. The number of rotatable bonds is 6. The van der Waals surface area contributed by atoms with Crippen molar-refractivity contribution in [2.45, 2.75) is 45.3 Å². The molecule has 2 heterocycles. The quantitative estimate of drug-likeness (QED) is 0.769. The average molecular weight is 331 g/mol. The van der Waals surface area contributed by atoms with E-state index < -0.39 is 5.60 Å². The number of hydrogen-bond donors (Lipinski definition) is 2. The van der Waals surface area contributed by atoms with Crippen LogP contribution >= 0.6 is 12.4 Å². The van der Waals surface area contributed by atoms with Crippen LogP contribution in [0.15, 0.2) is 6.07 Å². The van der Waals surface area contributed by atoms with E-state index in [2.05, 4.69) is 21.8 Å². The first-order valence-electron chi connectivity index (χ1n) is 7.63. The van der Waals surface area contributed by atoms with Crippen LogP contribution in [0, 0.1) is 13.8 Å². The standard InChI is InChI=1S/C15H26N4O2.ClH/c1-12-11-13(2)19(18-12)10-4-7-17-14(20)15(21-3)5-8-16-9-6-15;/h11,16H,4-10H2,1-3H3,(H,17,20);1H. The molecular formula is C15H27ClN4O2. The topological polar surface area (TPSA) is 68.2 Å². The van der Waals surface area contributed by atoms with Crippen molar-refractivity contribution in [2.24, 2.45) is 0 Å². The van der Waals surface area contributed by atoms with Crippen LogP contribution in [0.4, 0.5) is 0 Å². The lowest BCUT2D eigenvalue weighted by atomic mass is 9.91. The first-order valence-corrected chi connectivity index (χ1v) is 7.63. The van der Waals surface area contributed by atoms with E-state index in [4.69, 9.17) is 4.74 Å². The summed E-state index contributed by atoms with van der Waals surface area (Å²) in [4.78, 5) is 12.3. The largest absolute Gasteiger partial charge is 0.368 e. The van der Waals surface area contributed by atoms with Gasteiger partial charge in [-0.25, -0.2) is 0 Å². The molecule has 1 amide bonds. The highest BCUT2D eigenvalue weighted by Crippen LogP contribution is 2.22. The highest BCUT2D eigenvalue weighted by molar-refractivity contribution is 5.85. The Morgan fingerprint density at radius 1 is 1.45 bits per heavy atom. The van der Waals surface area contributed by atoms with Gasteiger partial charge in [-0.05, 0) is 52.3 Å². The second kappa shape index (κ2) is 8.50. The van der Waals surface area contributed by atoms with Gasteiger partial charge in [0.2, 0.25) is 0 Å². The van der Waals surface area contributed by atoms with Crippen LogP contribution < -0.4 is 10.6 Å². The van der Waals surface area contributed by atoms with Crippen molar-refractivity contribution in [1.82, 2.24) is 20.4 Å². The Hall–Kier alpha value is -1.11. The maximum Gasteiger partial charge on any atom is 0.252 e. The van der Waals surface area contributed by atoms with Gasteiger partial charge in [0.05, 0.1) is 5.69 Å². The molecule has 1 aromatic rings. The number of aromatic nitrogens is 2. The normalized spacial score (nSPS) is 16.9. The van der Waals surface area contributed by atoms with Crippen molar-refractivity contribution in [3.05, 3.63) is 17.5 Å². The third kappa shape index (κ3) is 4.44. The molecule has 7 heteroatoms. The van der Waals surface area contributed by atoms with Crippen molar-refractivity contribution in [3.8, 4) is 0 Å². The summed E-state index contributed by atoms with van der Waals surface area (Å²) in [5, 5.41) is 10.7. The van der Waals surface area contributed by atoms with Gasteiger partial charge in [0.1, 0.15) is 5.60 Å². The van der Waals surface area contributed by atoms with Gasteiger partial charge in [-0.3, -0.25) is 9.48 Å². The molecule has 0 spiro atoms. The van der Waals surface area contributed by atoms with Gasteiger partial charge in [0, 0.05) is 25.9 Å². The molecule has 2 rings (SSSR count). The van der Waals surface area contributed by atoms with Crippen LogP contribution in [0.3, 0.4) is 0 Å². The summed E-state index contributed by atoms with van der Waals surface area (Å²) >= 11 is 0. The first kappa shape index (κ1) is 18.9. The lowest BCUT2D eigenvalue weighted by molar-refractivity contribution is -0.146. The summed E-state index contributed by atoms with van der Waals surface area (Å²) in [5.74, 6) is 0.0138. The zero-order valence-electron chi connectivity index (χ0n) is 13.6. The maximum absolute atomic E-state index is 12.3. The molecule has 0 unspecified atom stereocenters. The molecule has 0 aliphatic carbocycles. The number of piperidine rings is 1. The van der Waals surface area contributed by atoms with Crippen LogP contribution in [0.25, 0.3) is 0 Å². The van der Waals surface area contributed by atoms with E-state index in [1.54, 1.807) is 7.11 Å². The molecule has 126 valence electrons. The number of amides is 1. The van der Waals surface area contributed by atoms with Crippen molar-refractivity contribution in [3.63, 3.8) is 0 Å². The molecule has 6 nitrogen and oxygen atoms in total. The van der Waals surface area contributed by atoms with Crippen molar-refractivity contribution in [1.29, 1.82) is 0 Å². The van der Waals surface area contributed by atoms with E-state index in [0.29, 0.717) is 6.54 Å². The lowest BCUT2D eigenvalue weighted by Gasteiger charge is -2.34. The smallest absolute Gasteiger partial charge is 0.252 e. The molecule has 1 aliphatic heterocycles.